The summed E-state index contributed by atoms with van der Waals surface area (Å²) in [5.74, 6) is 0.395. The maximum Gasteiger partial charge on any atom is 0.224 e. The molecule has 1 aliphatic rings. The van der Waals surface area contributed by atoms with E-state index in [0.717, 1.165) is 25.1 Å². The van der Waals surface area contributed by atoms with Gasteiger partial charge in [0.15, 0.2) is 0 Å². The second-order valence-corrected chi connectivity index (χ2v) is 7.28. The van der Waals surface area contributed by atoms with Gasteiger partial charge < -0.3 is 15.4 Å². The van der Waals surface area contributed by atoms with Gasteiger partial charge in [-0.2, -0.15) is 0 Å². The van der Waals surface area contributed by atoms with Gasteiger partial charge in [-0.05, 0) is 42.4 Å². The Morgan fingerprint density at radius 2 is 1.80 bits per heavy atom. The van der Waals surface area contributed by atoms with Gasteiger partial charge in [0, 0.05) is 31.7 Å². The van der Waals surface area contributed by atoms with Gasteiger partial charge in [-0.25, -0.2) is 0 Å². The van der Waals surface area contributed by atoms with Crippen LogP contribution in [-0.2, 0) is 14.3 Å². The number of ether oxygens (including phenoxy) is 1. The topological polar surface area (TPSA) is 67.4 Å². The van der Waals surface area contributed by atoms with E-state index in [1.807, 2.05) is 31.2 Å². The molecule has 5 nitrogen and oxygen atoms in total. The number of rotatable bonds is 8. The SMILES string of the molecule is CC(C)c1ccc(NC(=O)C[C@@H](C)CC(=O)NC[C@H]2CCCO2)cc1. The minimum absolute atomic E-state index is 0.000524. The molecule has 0 saturated carbocycles. The number of amides is 2. The van der Waals surface area contributed by atoms with Gasteiger partial charge in [-0.1, -0.05) is 32.9 Å². The van der Waals surface area contributed by atoms with Crippen molar-refractivity contribution < 1.29 is 14.3 Å². The van der Waals surface area contributed by atoms with Crippen LogP contribution in [-0.4, -0.2) is 31.1 Å². The number of carbonyl (C=O) groups is 2. The van der Waals surface area contributed by atoms with Crippen molar-refractivity contribution in [3.8, 4) is 0 Å². The molecule has 0 unspecified atom stereocenters. The zero-order chi connectivity index (χ0) is 18.2. The van der Waals surface area contributed by atoms with Crippen LogP contribution in [0.5, 0.6) is 0 Å². The highest BCUT2D eigenvalue weighted by atomic mass is 16.5. The van der Waals surface area contributed by atoms with Crippen LogP contribution in [0.4, 0.5) is 5.69 Å². The van der Waals surface area contributed by atoms with Crippen LogP contribution in [0.25, 0.3) is 0 Å². The molecule has 1 aliphatic heterocycles. The third kappa shape index (κ3) is 6.86. The molecule has 1 saturated heterocycles. The molecule has 0 spiro atoms. The lowest BCUT2D eigenvalue weighted by Crippen LogP contribution is -2.33. The van der Waals surface area contributed by atoms with Gasteiger partial charge in [-0.3, -0.25) is 9.59 Å². The smallest absolute Gasteiger partial charge is 0.224 e. The van der Waals surface area contributed by atoms with Crippen LogP contribution in [0.1, 0.15) is 57.9 Å². The highest BCUT2D eigenvalue weighted by molar-refractivity contribution is 5.91. The highest BCUT2D eigenvalue weighted by Crippen LogP contribution is 2.18. The number of benzene rings is 1. The molecule has 1 heterocycles. The van der Waals surface area contributed by atoms with E-state index < -0.39 is 0 Å². The molecule has 2 amide bonds. The summed E-state index contributed by atoms with van der Waals surface area (Å²) >= 11 is 0. The Kier molecular flexibility index (Phi) is 7.44. The maximum atomic E-state index is 12.1. The predicted molar refractivity (Wildman–Crippen MR) is 99.5 cm³/mol. The summed E-state index contributed by atoms with van der Waals surface area (Å²) < 4.78 is 5.48. The van der Waals surface area contributed by atoms with Gasteiger partial charge in [0.25, 0.3) is 0 Å². The van der Waals surface area contributed by atoms with E-state index >= 15 is 0 Å². The molecule has 1 fully saturated rings. The Morgan fingerprint density at radius 1 is 1.12 bits per heavy atom. The second-order valence-electron chi connectivity index (χ2n) is 7.28. The lowest BCUT2D eigenvalue weighted by Gasteiger charge is -2.14. The van der Waals surface area contributed by atoms with E-state index in [4.69, 9.17) is 4.74 Å². The molecule has 2 atom stereocenters. The van der Waals surface area contributed by atoms with Crippen molar-refractivity contribution >= 4 is 17.5 Å². The minimum Gasteiger partial charge on any atom is -0.376 e. The molecule has 0 aromatic heterocycles. The predicted octanol–water partition coefficient (Wildman–Crippen LogP) is 3.46. The van der Waals surface area contributed by atoms with Crippen LogP contribution in [0.15, 0.2) is 24.3 Å². The Balaban J connectivity index is 1.68. The zero-order valence-electron chi connectivity index (χ0n) is 15.5. The number of carbonyl (C=O) groups excluding carboxylic acids is 2. The average molecular weight is 346 g/mol. The fourth-order valence-electron chi connectivity index (χ4n) is 2.97. The Hall–Kier alpha value is -1.88. The van der Waals surface area contributed by atoms with Crippen molar-refractivity contribution in [3.63, 3.8) is 0 Å². The third-order valence-electron chi connectivity index (χ3n) is 4.48. The molecular formula is C20H30N2O3. The Bertz CT molecular complexity index is 563. The van der Waals surface area contributed by atoms with Crippen molar-refractivity contribution in [2.75, 3.05) is 18.5 Å². The third-order valence-corrected chi connectivity index (χ3v) is 4.48. The van der Waals surface area contributed by atoms with E-state index in [1.54, 1.807) is 0 Å². The fraction of sp³-hybridized carbons (Fsp3) is 0.600. The first-order valence-corrected chi connectivity index (χ1v) is 9.22. The van der Waals surface area contributed by atoms with Crippen LogP contribution < -0.4 is 10.6 Å². The number of hydrogen-bond donors (Lipinski definition) is 2. The standard InChI is InChI=1S/C20H30N2O3/c1-14(2)16-6-8-17(9-7-16)22-20(24)12-15(3)11-19(23)21-13-18-5-4-10-25-18/h6-9,14-15,18H,4-5,10-13H2,1-3H3,(H,21,23)(H,22,24)/t15-,18+/m0/s1. The summed E-state index contributed by atoms with van der Waals surface area (Å²) in [4.78, 5) is 24.1. The largest absolute Gasteiger partial charge is 0.376 e. The minimum atomic E-state index is -0.0586. The normalized spacial score (nSPS) is 18.2. The quantitative estimate of drug-likeness (QED) is 0.757. The molecule has 138 valence electrons. The van der Waals surface area contributed by atoms with E-state index in [9.17, 15) is 9.59 Å². The van der Waals surface area contributed by atoms with Crippen LogP contribution in [0.3, 0.4) is 0 Å². The molecule has 25 heavy (non-hydrogen) atoms. The lowest BCUT2D eigenvalue weighted by atomic mass is 10.0. The van der Waals surface area contributed by atoms with Gasteiger partial charge in [-0.15, -0.1) is 0 Å². The van der Waals surface area contributed by atoms with Crippen LogP contribution >= 0.6 is 0 Å². The molecule has 2 N–H and O–H groups in total. The summed E-state index contributed by atoms with van der Waals surface area (Å²) in [5, 5.41) is 5.80. The zero-order valence-corrected chi connectivity index (χ0v) is 15.5. The van der Waals surface area contributed by atoms with Gasteiger partial charge >= 0.3 is 0 Å². The first-order valence-electron chi connectivity index (χ1n) is 9.22. The summed E-state index contributed by atoms with van der Waals surface area (Å²) in [6.07, 6.45) is 2.91. The number of anilines is 1. The van der Waals surface area contributed by atoms with E-state index in [1.165, 1.54) is 5.56 Å². The first kappa shape index (κ1) is 19.4. The van der Waals surface area contributed by atoms with Crippen molar-refractivity contribution in [1.82, 2.24) is 5.32 Å². The monoisotopic (exact) mass is 346 g/mol. The van der Waals surface area contributed by atoms with Crippen molar-refractivity contribution in [2.24, 2.45) is 5.92 Å². The summed E-state index contributed by atoms with van der Waals surface area (Å²) in [6.45, 7) is 7.56. The lowest BCUT2D eigenvalue weighted by molar-refractivity contribution is -0.122. The molecule has 5 heteroatoms. The molecule has 1 aromatic rings. The number of nitrogens with one attached hydrogen (secondary N) is 2. The van der Waals surface area contributed by atoms with Gasteiger partial charge in [0.05, 0.1) is 6.10 Å². The second kappa shape index (κ2) is 9.56. The summed E-state index contributed by atoms with van der Waals surface area (Å²) in [7, 11) is 0. The average Bonchev–Trinajstić information content (AvgIpc) is 3.06. The Morgan fingerprint density at radius 3 is 2.40 bits per heavy atom. The van der Waals surface area contributed by atoms with Crippen LogP contribution in [0.2, 0.25) is 0 Å². The summed E-state index contributed by atoms with van der Waals surface area (Å²) in [6, 6.07) is 7.91. The molecule has 1 aromatic carbocycles. The van der Waals surface area contributed by atoms with Crippen molar-refractivity contribution in [1.29, 1.82) is 0 Å². The van der Waals surface area contributed by atoms with E-state index in [2.05, 4.69) is 24.5 Å². The maximum absolute atomic E-state index is 12.1. The molecule has 0 radical (unpaired) electrons. The van der Waals surface area contributed by atoms with Gasteiger partial charge in [0.1, 0.15) is 0 Å². The molecule has 0 bridgehead atoms. The summed E-state index contributed by atoms with van der Waals surface area (Å²) in [5.41, 5.74) is 2.04. The van der Waals surface area contributed by atoms with Crippen molar-refractivity contribution in [2.45, 2.75) is 58.5 Å². The molecular weight excluding hydrogens is 316 g/mol. The molecule has 2 rings (SSSR count). The first-order chi connectivity index (χ1) is 11.9. The van der Waals surface area contributed by atoms with E-state index in [-0.39, 0.29) is 23.8 Å². The highest BCUT2D eigenvalue weighted by Gasteiger charge is 2.18. The fourth-order valence-corrected chi connectivity index (χ4v) is 2.97. The Labute approximate surface area is 150 Å². The van der Waals surface area contributed by atoms with Crippen molar-refractivity contribution in [3.05, 3.63) is 29.8 Å². The van der Waals surface area contributed by atoms with E-state index in [0.29, 0.717) is 25.3 Å². The van der Waals surface area contributed by atoms with Gasteiger partial charge in [0.2, 0.25) is 11.8 Å². The number of hydrogen-bond acceptors (Lipinski definition) is 3. The molecule has 0 aliphatic carbocycles. The van der Waals surface area contributed by atoms with Crippen LogP contribution in [0, 0.1) is 5.92 Å².